The van der Waals surface area contributed by atoms with Crippen molar-refractivity contribution in [2.45, 2.75) is 50.3 Å². The quantitative estimate of drug-likeness (QED) is 0.761. The third-order valence-corrected chi connectivity index (χ3v) is 4.47. The molecular formula is C16H22N2O2. The first kappa shape index (κ1) is 13.6. The van der Waals surface area contributed by atoms with E-state index < -0.39 is 0 Å². The second-order valence-corrected chi connectivity index (χ2v) is 5.85. The third-order valence-electron chi connectivity index (χ3n) is 4.47. The average molecular weight is 274 g/mol. The van der Waals surface area contributed by atoms with Gasteiger partial charge in [0.1, 0.15) is 0 Å². The first-order valence-corrected chi connectivity index (χ1v) is 7.52. The predicted molar refractivity (Wildman–Crippen MR) is 77.3 cm³/mol. The summed E-state index contributed by atoms with van der Waals surface area (Å²) >= 11 is 0. The second-order valence-electron chi connectivity index (χ2n) is 5.85. The van der Waals surface area contributed by atoms with Crippen molar-refractivity contribution in [1.29, 1.82) is 0 Å². The van der Waals surface area contributed by atoms with Gasteiger partial charge in [-0.15, -0.1) is 0 Å². The van der Waals surface area contributed by atoms with E-state index in [4.69, 9.17) is 0 Å². The molecule has 0 radical (unpaired) electrons. The van der Waals surface area contributed by atoms with E-state index in [2.05, 4.69) is 16.7 Å². The molecule has 1 unspecified atom stereocenters. The van der Waals surface area contributed by atoms with Gasteiger partial charge in [0.25, 0.3) is 0 Å². The lowest BCUT2D eigenvalue weighted by Crippen LogP contribution is -2.48. The molecule has 108 valence electrons. The van der Waals surface area contributed by atoms with Crippen LogP contribution >= 0.6 is 0 Å². The Balaban J connectivity index is 1.72. The minimum Gasteiger partial charge on any atom is -0.391 e. The summed E-state index contributed by atoms with van der Waals surface area (Å²) < 4.78 is 0. The molecule has 1 aliphatic carbocycles. The smallest absolute Gasteiger partial charge is 0.229 e. The van der Waals surface area contributed by atoms with Gasteiger partial charge < -0.3 is 15.7 Å². The van der Waals surface area contributed by atoms with Gasteiger partial charge in [-0.25, -0.2) is 0 Å². The molecule has 1 heterocycles. The molecule has 0 spiro atoms. The molecule has 3 atom stereocenters. The van der Waals surface area contributed by atoms with Crippen LogP contribution in [0.2, 0.25) is 0 Å². The van der Waals surface area contributed by atoms with Crippen LogP contribution in [0, 0.1) is 0 Å². The minimum atomic E-state index is -0.389. The van der Waals surface area contributed by atoms with Gasteiger partial charge in [-0.1, -0.05) is 37.1 Å². The van der Waals surface area contributed by atoms with Crippen LogP contribution in [-0.2, 0) is 11.3 Å². The first-order valence-electron chi connectivity index (χ1n) is 7.52. The van der Waals surface area contributed by atoms with E-state index in [1.807, 2.05) is 18.2 Å². The molecule has 3 N–H and O–H groups in total. The number of nitrogens with one attached hydrogen (secondary N) is 2. The van der Waals surface area contributed by atoms with E-state index in [0.29, 0.717) is 6.54 Å². The van der Waals surface area contributed by atoms with Gasteiger partial charge in [0.15, 0.2) is 0 Å². The summed E-state index contributed by atoms with van der Waals surface area (Å²) in [5.74, 6) is -0.107. The van der Waals surface area contributed by atoms with Gasteiger partial charge in [0, 0.05) is 13.1 Å². The summed E-state index contributed by atoms with van der Waals surface area (Å²) in [5, 5.41) is 16.3. The lowest BCUT2D eigenvalue weighted by atomic mass is 9.88. The molecule has 1 aromatic carbocycles. The lowest BCUT2D eigenvalue weighted by molar-refractivity contribution is -0.124. The highest BCUT2D eigenvalue weighted by molar-refractivity contribution is 5.85. The number of hydrogen-bond acceptors (Lipinski definition) is 3. The predicted octanol–water partition coefficient (Wildman–Crippen LogP) is 1.29. The molecule has 0 saturated heterocycles. The van der Waals surface area contributed by atoms with Crippen molar-refractivity contribution in [2.24, 2.45) is 0 Å². The van der Waals surface area contributed by atoms with Crippen LogP contribution in [0.1, 0.15) is 42.7 Å². The van der Waals surface area contributed by atoms with Crippen LogP contribution in [0.5, 0.6) is 0 Å². The zero-order valence-electron chi connectivity index (χ0n) is 11.6. The molecule has 4 nitrogen and oxygen atoms in total. The molecule has 1 aromatic rings. The number of carbonyl (C=O) groups excluding carboxylic acids is 1. The van der Waals surface area contributed by atoms with E-state index in [9.17, 15) is 9.90 Å². The van der Waals surface area contributed by atoms with Gasteiger partial charge in [-0.05, 0) is 24.0 Å². The van der Waals surface area contributed by atoms with Crippen LogP contribution in [0.15, 0.2) is 24.3 Å². The summed E-state index contributed by atoms with van der Waals surface area (Å²) in [5.41, 5.74) is 2.32. The SMILES string of the molecule is O=C(N[C@H]1CCCC[C@@H]1O)C1CNCc2ccccc21. The Kier molecular flexibility index (Phi) is 4.03. The van der Waals surface area contributed by atoms with Gasteiger partial charge in [0.2, 0.25) is 5.91 Å². The number of rotatable bonds is 2. The van der Waals surface area contributed by atoms with Gasteiger partial charge >= 0.3 is 0 Å². The van der Waals surface area contributed by atoms with Crippen molar-refractivity contribution in [3.63, 3.8) is 0 Å². The Morgan fingerprint density at radius 3 is 2.90 bits per heavy atom. The zero-order valence-corrected chi connectivity index (χ0v) is 11.6. The number of aliphatic hydroxyl groups is 1. The molecule has 0 aromatic heterocycles. The molecule has 4 heteroatoms. The molecule has 0 bridgehead atoms. The number of hydrogen-bond donors (Lipinski definition) is 3. The van der Waals surface area contributed by atoms with Gasteiger partial charge in [-0.2, -0.15) is 0 Å². The molecule has 1 amide bonds. The zero-order chi connectivity index (χ0) is 13.9. The highest BCUT2D eigenvalue weighted by Gasteiger charge is 2.30. The Labute approximate surface area is 119 Å². The third kappa shape index (κ3) is 2.72. The molecule has 1 saturated carbocycles. The average Bonchev–Trinajstić information content (AvgIpc) is 2.49. The van der Waals surface area contributed by atoms with E-state index in [1.165, 1.54) is 5.56 Å². The normalized spacial score (nSPS) is 29.6. The summed E-state index contributed by atoms with van der Waals surface area (Å²) in [6, 6.07) is 8.02. The summed E-state index contributed by atoms with van der Waals surface area (Å²) in [6.45, 7) is 1.50. The number of amides is 1. The standard InChI is InChI=1S/C16H22N2O2/c19-15-8-4-3-7-14(15)18-16(20)13-10-17-9-11-5-1-2-6-12(11)13/h1-2,5-6,13-15,17,19H,3-4,7-10H2,(H,18,20)/t13?,14-,15-/m0/s1. The fourth-order valence-electron chi connectivity index (χ4n) is 3.29. The first-order chi connectivity index (χ1) is 9.75. The molecule has 3 rings (SSSR count). The molecule has 2 aliphatic rings. The van der Waals surface area contributed by atoms with Crippen molar-refractivity contribution in [3.8, 4) is 0 Å². The molecule has 1 fully saturated rings. The number of carbonyl (C=O) groups is 1. The topological polar surface area (TPSA) is 61.4 Å². The van der Waals surface area contributed by atoms with E-state index in [0.717, 1.165) is 37.8 Å². The lowest BCUT2D eigenvalue weighted by Gasteiger charge is -2.31. The number of benzene rings is 1. The Bertz CT molecular complexity index is 489. The minimum absolute atomic E-state index is 0.0376. The Hall–Kier alpha value is -1.39. The van der Waals surface area contributed by atoms with Crippen LogP contribution in [-0.4, -0.2) is 29.7 Å². The summed E-state index contributed by atoms with van der Waals surface area (Å²) in [7, 11) is 0. The second kappa shape index (κ2) is 5.94. The Morgan fingerprint density at radius 1 is 1.25 bits per heavy atom. The Morgan fingerprint density at radius 2 is 2.05 bits per heavy atom. The van der Waals surface area contributed by atoms with Crippen molar-refractivity contribution in [3.05, 3.63) is 35.4 Å². The van der Waals surface area contributed by atoms with Crippen LogP contribution in [0.25, 0.3) is 0 Å². The summed E-state index contributed by atoms with van der Waals surface area (Å²) in [4.78, 5) is 12.5. The maximum absolute atomic E-state index is 12.5. The monoisotopic (exact) mass is 274 g/mol. The largest absolute Gasteiger partial charge is 0.391 e. The van der Waals surface area contributed by atoms with E-state index >= 15 is 0 Å². The molecule has 1 aliphatic heterocycles. The van der Waals surface area contributed by atoms with Gasteiger partial charge in [-0.3, -0.25) is 4.79 Å². The van der Waals surface area contributed by atoms with Crippen LogP contribution < -0.4 is 10.6 Å². The van der Waals surface area contributed by atoms with Crippen molar-refractivity contribution in [2.75, 3.05) is 6.54 Å². The fraction of sp³-hybridized carbons (Fsp3) is 0.562. The fourth-order valence-corrected chi connectivity index (χ4v) is 3.29. The van der Waals surface area contributed by atoms with Crippen molar-refractivity contribution in [1.82, 2.24) is 10.6 Å². The van der Waals surface area contributed by atoms with Crippen LogP contribution in [0.4, 0.5) is 0 Å². The van der Waals surface area contributed by atoms with Crippen molar-refractivity contribution < 1.29 is 9.90 Å². The highest BCUT2D eigenvalue weighted by Crippen LogP contribution is 2.25. The van der Waals surface area contributed by atoms with Gasteiger partial charge in [0.05, 0.1) is 18.1 Å². The molecular weight excluding hydrogens is 252 g/mol. The maximum atomic E-state index is 12.5. The maximum Gasteiger partial charge on any atom is 0.229 e. The highest BCUT2D eigenvalue weighted by atomic mass is 16.3. The molecule has 20 heavy (non-hydrogen) atoms. The van der Waals surface area contributed by atoms with Crippen LogP contribution in [0.3, 0.4) is 0 Å². The number of fused-ring (bicyclic) bond motifs is 1. The summed E-state index contributed by atoms with van der Waals surface area (Å²) in [6.07, 6.45) is 3.43. The number of aliphatic hydroxyl groups excluding tert-OH is 1. The van der Waals surface area contributed by atoms with E-state index in [1.54, 1.807) is 0 Å². The van der Waals surface area contributed by atoms with Crippen molar-refractivity contribution >= 4 is 5.91 Å². The van der Waals surface area contributed by atoms with E-state index in [-0.39, 0.29) is 24.0 Å².